The van der Waals surface area contributed by atoms with Gasteiger partial charge in [-0.1, -0.05) is 19.9 Å². The molecule has 0 saturated heterocycles. The zero-order valence-corrected chi connectivity index (χ0v) is 17.3. The summed E-state index contributed by atoms with van der Waals surface area (Å²) in [6.45, 7) is 3.38. The van der Waals surface area contributed by atoms with Crippen LogP contribution in [-0.2, 0) is 4.79 Å². The van der Waals surface area contributed by atoms with Crippen LogP contribution in [0.1, 0.15) is 24.2 Å². The quantitative estimate of drug-likeness (QED) is 0.681. The third kappa shape index (κ3) is 4.97. The number of hydrogen-bond acceptors (Lipinski definition) is 5. The molecule has 0 saturated carbocycles. The van der Waals surface area contributed by atoms with Gasteiger partial charge in [0.2, 0.25) is 11.7 Å². The van der Waals surface area contributed by atoms with Crippen molar-refractivity contribution in [1.29, 1.82) is 0 Å². The summed E-state index contributed by atoms with van der Waals surface area (Å²) < 4.78 is 43.5. The van der Waals surface area contributed by atoms with Crippen molar-refractivity contribution < 1.29 is 32.6 Å². The van der Waals surface area contributed by atoms with E-state index in [0.29, 0.717) is 22.9 Å². The number of halogens is 2. The molecule has 0 aliphatic heterocycles. The van der Waals surface area contributed by atoms with E-state index < -0.39 is 35.1 Å². The predicted octanol–water partition coefficient (Wildman–Crippen LogP) is 3.38. The van der Waals surface area contributed by atoms with E-state index in [4.69, 9.17) is 14.2 Å². The number of ether oxygens (including phenoxy) is 3. The van der Waals surface area contributed by atoms with Crippen LogP contribution in [0.3, 0.4) is 0 Å². The number of carbonyl (C=O) groups excluding carboxylic acids is 2. The van der Waals surface area contributed by atoms with Gasteiger partial charge < -0.3 is 24.8 Å². The number of benzene rings is 2. The number of hydrogen-bond donors (Lipinski definition) is 2. The maximum atomic E-state index is 13.9. The lowest BCUT2D eigenvalue weighted by atomic mass is 10.0. The van der Waals surface area contributed by atoms with E-state index in [1.54, 1.807) is 13.8 Å². The molecular weight excluding hydrogens is 398 g/mol. The Hall–Kier alpha value is -3.36. The zero-order chi connectivity index (χ0) is 22.4. The smallest absolute Gasteiger partial charge is 0.257 e. The molecule has 2 N–H and O–H groups in total. The van der Waals surface area contributed by atoms with Gasteiger partial charge in [-0.2, -0.15) is 0 Å². The van der Waals surface area contributed by atoms with E-state index in [-0.39, 0.29) is 5.92 Å². The van der Waals surface area contributed by atoms with Gasteiger partial charge in [0.1, 0.15) is 23.2 Å². The number of anilines is 1. The summed E-state index contributed by atoms with van der Waals surface area (Å²) >= 11 is 0. The fourth-order valence-corrected chi connectivity index (χ4v) is 2.84. The molecule has 30 heavy (non-hydrogen) atoms. The van der Waals surface area contributed by atoms with Gasteiger partial charge in [-0.05, 0) is 18.1 Å². The lowest BCUT2D eigenvalue weighted by Crippen LogP contribution is -2.47. The van der Waals surface area contributed by atoms with Crippen LogP contribution in [0, 0.1) is 17.6 Å². The van der Waals surface area contributed by atoms with Crippen LogP contribution in [0.5, 0.6) is 17.2 Å². The van der Waals surface area contributed by atoms with Crippen LogP contribution >= 0.6 is 0 Å². The molecule has 2 rings (SSSR count). The van der Waals surface area contributed by atoms with Crippen LogP contribution in [-0.4, -0.2) is 39.2 Å². The average Bonchev–Trinajstić information content (AvgIpc) is 2.70. The minimum absolute atomic E-state index is 0.325. The largest absolute Gasteiger partial charge is 0.493 e. The highest BCUT2D eigenvalue weighted by Crippen LogP contribution is 2.40. The van der Waals surface area contributed by atoms with Crippen LogP contribution < -0.4 is 24.8 Å². The van der Waals surface area contributed by atoms with Crippen LogP contribution in [0.25, 0.3) is 0 Å². The molecule has 0 spiro atoms. The molecule has 0 heterocycles. The van der Waals surface area contributed by atoms with E-state index in [9.17, 15) is 18.4 Å². The summed E-state index contributed by atoms with van der Waals surface area (Å²) in [6.07, 6.45) is 0. The SMILES string of the molecule is COc1cc(NC(=O)[C@@H](NC(=O)c2c(F)cccc2F)C(C)C)cc(OC)c1OC. The van der Waals surface area contributed by atoms with Crippen LogP contribution in [0.2, 0.25) is 0 Å². The Balaban J connectivity index is 2.27. The molecule has 0 aliphatic carbocycles. The first-order valence-corrected chi connectivity index (χ1v) is 9.09. The molecule has 0 aliphatic rings. The van der Waals surface area contributed by atoms with Gasteiger partial charge in [0, 0.05) is 17.8 Å². The lowest BCUT2D eigenvalue weighted by molar-refractivity contribution is -0.118. The molecule has 0 fully saturated rings. The second-order valence-corrected chi connectivity index (χ2v) is 6.70. The van der Waals surface area contributed by atoms with Crippen molar-refractivity contribution in [2.75, 3.05) is 26.6 Å². The molecule has 0 bridgehead atoms. The Morgan fingerprint density at radius 2 is 1.47 bits per heavy atom. The maximum absolute atomic E-state index is 13.9. The monoisotopic (exact) mass is 422 g/mol. The van der Waals surface area contributed by atoms with Gasteiger partial charge in [-0.25, -0.2) is 8.78 Å². The molecule has 2 amide bonds. The number of nitrogens with one attached hydrogen (secondary N) is 2. The lowest BCUT2D eigenvalue weighted by Gasteiger charge is -2.22. The van der Waals surface area contributed by atoms with E-state index in [1.807, 2.05) is 0 Å². The summed E-state index contributed by atoms with van der Waals surface area (Å²) in [7, 11) is 4.32. The fraction of sp³-hybridized carbons (Fsp3) is 0.333. The predicted molar refractivity (Wildman–Crippen MR) is 107 cm³/mol. The number of rotatable bonds is 8. The third-order valence-electron chi connectivity index (χ3n) is 4.36. The summed E-state index contributed by atoms with van der Waals surface area (Å²) in [4.78, 5) is 25.2. The van der Waals surface area contributed by atoms with E-state index in [0.717, 1.165) is 18.2 Å². The highest BCUT2D eigenvalue weighted by atomic mass is 19.1. The number of amides is 2. The first kappa shape index (κ1) is 22.9. The molecule has 0 aromatic heterocycles. The molecule has 2 aromatic carbocycles. The van der Waals surface area contributed by atoms with Gasteiger partial charge in [0.05, 0.1) is 21.3 Å². The fourth-order valence-electron chi connectivity index (χ4n) is 2.84. The molecule has 0 unspecified atom stereocenters. The molecular formula is C21H24F2N2O5. The molecule has 7 nitrogen and oxygen atoms in total. The minimum atomic E-state index is -1.06. The molecule has 2 aromatic rings. The van der Waals surface area contributed by atoms with Crippen molar-refractivity contribution in [3.63, 3.8) is 0 Å². The molecule has 9 heteroatoms. The Bertz CT molecular complexity index is 888. The van der Waals surface area contributed by atoms with Gasteiger partial charge in [-0.15, -0.1) is 0 Å². The van der Waals surface area contributed by atoms with E-state index in [2.05, 4.69) is 10.6 Å². The molecule has 162 valence electrons. The highest BCUT2D eigenvalue weighted by Gasteiger charge is 2.28. The second-order valence-electron chi connectivity index (χ2n) is 6.70. The third-order valence-corrected chi connectivity index (χ3v) is 4.36. The Morgan fingerprint density at radius 1 is 0.933 bits per heavy atom. The van der Waals surface area contributed by atoms with Crippen LogP contribution in [0.15, 0.2) is 30.3 Å². The Morgan fingerprint density at radius 3 is 1.90 bits per heavy atom. The van der Waals surface area contributed by atoms with Gasteiger partial charge in [0.25, 0.3) is 5.91 Å². The Labute approximate surface area is 173 Å². The highest BCUT2D eigenvalue weighted by molar-refractivity contribution is 6.01. The topological polar surface area (TPSA) is 85.9 Å². The summed E-state index contributed by atoms with van der Waals surface area (Å²) in [6, 6.07) is 5.08. The van der Waals surface area contributed by atoms with Gasteiger partial charge >= 0.3 is 0 Å². The Kier molecular flexibility index (Phi) is 7.57. The maximum Gasteiger partial charge on any atom is 0.257 e. The standard InChI is InChI=1S/C21H24F2N2O5/c1-11(2)18(25-20(26)17-13(22)7-6-8-14(17)23)21(27)24-12-9-15(28-3)19(30-5)16(10-12)29-4/h6-11,18H,1-5H3,(H,24,27)(H,25,26)/t18-/m0/s1. The minimum Gasteiger partial charge on any atom is -0.493 e. The van der Waals surface area contributed by atoms with Crippen molar-refractivity contribution >= 4 is 17.5 Å². The summed E-state index contributed by atoms with van der Waals surface area (Å²) in [5, 5.41) is 5.05. The van der Waals surface area contributed by atoms with E-state index >= 15 is 0 Å². The number of methoxy groups -OCH3 is 3. The molecule has 0 radical (unpaired) electrons. The van der Waals surface area contributed by atoms with E-state index in [1.165, 1.54) is 33.5 Å². The number of carbonyl (C=O) groups is 2. The molecule has 1 atom stereocenters. The van der Waals surface area contributed by atoms with Crippen molar-refractivity contribution in [3.05, 3.63) is 47.5 Å². The zero-order valence-electron chi connectivity index (χ0n) is 17.3. The van der Waals surface area contributed by atoms with Crippen molar-refractivity contribution in [2.45, 2.75) is 19.9 Å². The van der Waals surface area contributed by atoms with Gasteiger partial charge in [0.15, 0.2) is 11.5 Å². The first-order valence-electron chi connectivity index (χ1n) is 9.09. The van der Waals surface area contributed by atoms with Crippen molar-refractivity contribution in [3.8, 4) is 17.2 Å². The normalized spacial score (nSPS) is 11.6. The second kappa shape index (κ2) is 9.91. The van der Waals surface area contributed by atoms with Crippen LogP contribution in [0.4, 0.5) is 14.5 Å². The summed E-state index contributed by atoms with van der Waals surface area (Å²) in [5.74, 6) is -3.00. The average molecular weight is 422 g/mol. The van der Waals surface area contributed by atoms with Crippen molar-refractivity contribution in [2.24, 2.45) is 5.92 Å². The first-order chi connectivity index (χ1) is 14.2. The summed E-state index contributed by atoms with van der Waals surface area (Å²) in [5.41, 5.74) is -0.421. The van der Waals surface area contributed by atoms with Crippen molar-refractivity contribution in [1.82, 2.24) is 5.32 Å². The van der Waals surface area contributed by atoms with Gasteiger partial charge in [-0.3, -0.25) is 9.59 Å².